The molecule has 1 aromatic heterocycles. The lowest BCUT2D eigenvalue weighted by atomic mass is 10.1. The lowest BCUT2D eigenvalue weighted by Gasteiger charge is -2.07. The first-order valence-electron chi connectivity index (χ1n) is 5.13. The SMILES string of the molecule is Fc1cc(Cl)cc2c(Cl)c3c(nc12)CCC3. The third-order valence-corrected chi connectivity index (χ3v) is 3.62. The summed E-state index contributed by atoms with van der Waals surface area (Å²) in [6.45, 7) is 0. The van der Waals surface area contributed by atoms with E-state index in [1.807, 2.05) is 0 Å². The zero-order valence-electron chi connectivity index (χ0n) is 8.36. The van der Waals surface area contributed by atoms with Gasteiger partial charge < -0.3 is 0 Å². The molecule has 0 aliphatic heterocycles. The van der Waals surface area contributed by atoms with Crippen molar-refractivity contribution in [3.8, 4) is 0 Å². The van der Waals surface area contributed by atoms with Crippen LogP contribution < -0.4 is 0 Å². The average molecular weight is 256 g/mol. The molecule has 0 amide bonds. The summed E-state index contributed by atoms with van der Waals surface area (Å²) < 4.78 is 13.7. The molecular weight excluding hydrogens is 248 g/mol. The van der Waals surface area contributed by atoms with Gasteiger partial charge in [0.05, 0.1) is 5.02 Å². The minimum Gasteiger partial charge on any atom is -0.249 e. The van der Waals surface area contributed by atoms with Gasteiger partial charge in [-0.3, -0.25) is 0 Å². The minimum atomic E-state index is -0.404. The van der Waals surface area contributed by atoms with Crippen LogP contribution in [-0.2, 0) is 12.8 Å². The van der Waals surface area contributed by atoms with E-state index in [1.165, 1.54) is 6.07 Å². The maximum Gasteiger partial charge on any atom is 0.150 e. The van der Waals surface area contributed by atoms with E-state index >= 15 is 0 Å². The fourth-order valence-corrected chi connectivity index (χ4v) is 2.78. The molecule has 0 saturated heterocycles. The van der Waals surface area contributed by atoms with Crippen molar-refractivity contribution in [1.29, 1.82) is 0 Å². The van der Waals surface area contributed by atoms with Crippen molar-refractivity contribution in [3.63, 3.8) is 0 Å². The van der Waals surface area contributed by atoms with Crippen molar-refractivity contribution < 1.29 is 4.39 Å². The summed E-state index contributed by atoms with van der Waals surface area (Å²) >= 11 is 12.1. The molecule has 16 heavy (non-hydrogen) atoms. The minimum absolute atomic E-state index is 0.329. The van der Waals surface area contributed by atoms with Gasteiger partial charge in [-0.1, -0.05) is 23.2 Å². The van der Waals surface area contributed by atoms with Gasteiger partial charge in [-0.15, -0.1) is 0 Å². The van der Waals surface area contributed by atoms with Crippen LogP contribution in [0.15, 0.2) is 12.1 Å². The van der Waals surface area contributed by atoms with Crippen molar-refractivity contribution in [2.75, 3.05) is 0 Å². The molecule has 0 spiro atoms. The van der Waals surface area contributed by atoms with E-state index in [2.05, 4.69) is 4.98 Å². The molecule has 4 heteroatoms. The molecular formula is C12H8Cl2FN. The number of pyridine rings is 1. The number of rotatable bonds is 0. The Hall–Kier alpha value is -0.860. The summed E-state index contributed by atoms with van der Waals surface area (Å²) in [5.41, 5.74) is 2.31. The fraction of sp³-hybridized carbons (Fsp3) is 0.250. The van der Waals surface area contributed by atoms with Gasteiger partial charge >= 0.3 is 0 Å². The van der Waals surface area contributed by atoms with Crippen LogP contribution in [-0.4, -0.2) is 4.98 Å². The predicted molar refractivity (Wildman–Crippen MR) is 63.7 cm³/mol. The molecule has 1 aliphatic carbocycles. The molecule has 1 aromatic carbocycles. The molecule has 0 bridgehead atoms. The third kappa shape index (κ3) is 1.40. The fourth-order valence-electron chi connectivity index (χ4n) is 2.23. The summed E-state index contributed by atoms with van der Waals surface area (Å²) in [6, 6.07) is 2.95. The van der Waals surface area contributed by atoms with Gasteiger partial charge in [0, 0.05) is 16.1 Å². The molecule has 1 heterocycles. The summed E-state index contributed by atoms with van der Waals surface area (Å²) in [7, 11) is 0. The van der Waals surface area contributed by atoms with E-state index < -0.39 is 5.82 Å². The zero-order valence-corrected chi connectivity index (χ0v) is 9.87. The molecule has 82 valence electrons. The number of benzene rings is 1. The molecule has 3 rings (SSSR count). The molecule has 1 aliphatic rings. The molecule has 0 N–H and O–H groups in total. The highest BCUT2D eigenvalue weighted by molar-refractivity contribution is 6.37. The van der Waals surface area contributed by atoms with Crippen LogP contribution in [0, 0.1) is 5.82 Å². The second kappa shape index (κ2) is 3.57. The van der Waals surface area contributed by atoms with Crippen LogP contribution in [0.5, 0.6) is 0 Å². The monoisotopic (exact) mass is 255 g/mol. The van der Waals surface area contributed by atoms with Gasteiger partial charge in [-0.25, -0.2) is 9.37 Å². The van der Waals surface area contributed by atoms with Crippen LogP contribution in [0.3, 0.4) is 0 Å². The average Bonchev–Trinajstić information content (AvgIpc) is 2.68. The van der Waals surface area contributed by atoms with Crippen LogP contribution >= 0.6 is 23.2 Å². The van der Waals surface area contributed by atoms with Crippen molar-refractivity contribution in [3.05, 3.63) is 39.3 Å². The summed E-state index contributed by atoms with van der Waals surface area (Å²) in [6.07, 6.45) is 2.84. The highest BCUT2D eigenvalue weighted by Gasteiger charge is 2.20. The van der Waals surface area contributed by atoms with Crippen LogP contribution in [0.25, 0.3) is 10.9 Å². The van der Waals surface area contributed by atoms with E-state index in [4.69, 9.17) is 23.2 Å². The lowest BCUT2D eigenvalue weighted by molar-refractivity contribution is 0.636. The Kier molecular flexibility index (Phi) is 2.30. The van der Waals surface area contributed by atoms with Crippen LogP contribution in [0.2, 0.25) is 10.0 Å². The second-order valence-electron chi connectivity index (χ2n) is 3.99. The molecule has 1 nitrogen and oxygen atoms in total. The molecule has 0 atom stereocenters. The number of halogens is 3. The smallest absolute Gasteiger partial charge is 0.150 e. The first-order chi connectivity index (χ1) is 7.66. The van der Waals surface area contributed by atoms with Gasteiger partial charge in [0.25, 0.3) is 0 Å². The Morgan fingerprint density at radius 3 is 2.81 bits per heavy atom. The first-order valence-corrected chi connectivity index (χ1v) is 5.88. The van der Waals surface area contributed by atoms with Crippen molar-refractivity contribution in [1.82, 2.24) is 4.98 Å². The van der Waals surface area contributed by atoms with Crippen LogP contribution in [0.1, 0.15) is 17.7 Å². The number of aryl methyl sites for hydroxylation is 1. The largest absolute Gasteiger partial charge is 0.249 e. The second-order valence-corrected chi connectivity index (χ2v) is 4.80. The summed E-state index contributed by atoms with van der Waals surface area (Å²) in [4.78, 5) is 4.34. The van der Waals surface area contributed by atoms with Gasteiger partial charge in [-0.2, -0.15) is 0 Å². The van der Waals surface area contributed by atoms with E-state index in [1.54, 1.807) is 6.07 Å². The maximum absolute atomic E-state index is 13.7. The van der Waals surface area contributed by atoms with Crippen molar-refractivity contribution in [2.24, 2.45) is 0 Å². The zero-order chi connectivity index (χ0) is 11.3. The van der Waals surface area contributed by atoms with Gasteiger partial charge in [0.2, 0.25) is 0 Å². The van der Waals surface area contributed by atoms with Crippen LogP contribution in [0.4, 0.5) is 4.39 Å². The Morgan fingerprint density at radius 2 is 2.00 bits per heavy atom. The summed E-state index contributed by atoms with van der Waals surface area (Å²) in [5, 5.41) is 1.58. The lowest BCUT2D eigenvalue weighted by Crippen LogP contribution is -1.94. The van der Waals surface area contributed by atoms with E-state index in [0.717, 1.165) is 30.5 Å². The predicted octanol–water partition coefficient (Wildman–Crippen LogP) is 4.17. The van der Waals surface area contributed by atoms with Gasteiger partial charge in [-0.05, 0) is 37.0 Å². The normalized spacial score (nSPS) is 14.4. The Balaban J connectivity index is 2.46. The molecule has 2 aromatic rings. The molecule has 0 radical (unpaired) electrons. The van der Waals surface area contributed by atoms with E-state index in [-0.39, 0.29) is 0 Å². The van der Waals surface area contributed by atoms with Crippen molar-refractivity contribution in [2.45, 2.75) is 19.3 Å². The number of hydrogen-bond donors (Lipinski definition) is 0. The Bertz CT molecular complexity index is 595. The Morgan fingerprint density at radius 1 is 1.19 bits per heavy atom. The van der Waals surface area contributed by atoms with E-state index in [9.17, 15) is 4.39 Å². The number of aromatic nitrogens is 1. The Labute approximate surface area is 102 Å². The highest BCUT2D eigenvalue weighted by Crippen LogP contribution is 2.35. The van der Waals surface area contributed by atoms with E-state index in [0.29, 0.717) is 20.9 Å². The standard InChI is InChI=1S/C12H8Cl2FN/c13-6-4-8-11(14)7-2-1-3-10(7)16-12(8)9(15)5-6/h4-5H,1-3H2. The maximum atomic E-state index is 13.7. The van der Waals surface area contributed by atoms with Gasteiger partial charge in [0.1, 0.15) is 5.52 Å². The topological polar surface area (TPSA) is 12.9 Å². The third-order valence-electron chi connectivity index (χ3n) is 2.97. The first kappa shape index (κ1) is 10.3. The van der Waals surface area contributed by atoms with Crippen molar-refractivity contribution >= 4 is 34.1 Å². The van der Waals surface area contributed by atoms with Gasteiger partial charge in [0.15, 0.2) is 5.82 Å². The molecule has 0 unspecified atom stereocenters. The summed E-state index contributed by atoms with van der Waals surface area (Å²) in [5.74, 6) is -0.404. The number of fused-ring (bicyclic) bond motifs is 2. The number of nitrogens with zero attached hydrogens (tertiary/aromatic N) is 1. The molecule has 0 fully saturated rings. The quantitative estimate of drug-likeness (QED) is 0.689. The highest BCUT2D eigenvalue weighted by atomic mass is 35.5. The molecule has 0 saturated carbocycles. The number of hydrogen-bond acceptors (Lipinski definition) is 1.